The number of nitrogens with one attached hydrogen (secondary N) is 2. The first-order valence-corrected chi connectivity index (χ1v) is 8.27. The van der Waals surface area contributed by atoms with E-state index >= 15 is 0 Å². The molecule has 0 aliphatic carbocycles. The van der Waals surface area contributed by atoms with Crippen molar-refractivity contribution in [3.05, 3.63) is 18.5 Å². The van der Waals surface area contributed by atoms with Gasteiger partial charge in [-0.05, 0) is 19.4 Å². The summed E-state index contributed by atoms with van der Waals surface area (Å²) in [6, 6.07) is 1.68. The van der Waals surface area contributed by atoms with Crippen LogP contribution in [-0.2, 0) is 10.0 Å². The summed E-state index contributed by atoms with van der Waals surface area (Å²) in [7, 11) is -3.48. The Morgan fingerprint density at radius 1 is 1.21 bits per heavy atom. The molecule has 19 heavy (non-hydrogen) atoms. The van der Waals surface area contributed by atoms with Gasteiger partial charge in [-0.15, -0.1) is 0 Å². The largest absolute Gasteiger partial charge is 0.384 e. The SMILES string of the molecule is CCCCCCNS(=O)(=O)c1cnccc1NCC. The van der Waals surface area contributed by atoms with Crippen LogP contribution in [0.1, 0.15) is 39.5 Å². The molecule has 6 heteroatoms. The number of hydrogen-bond acceptors (Lipinski definition) is 4. The molecule has 1 heterocycles. The second-order valence-corrected chi connectivity index (χ2v) is 6.10. The van der Waals surface area contributed by atoms with E-state index in [0.29, 0.717) is 18.8 Å². The van der Waals surface area contributed by atoms with Crippen LogP contribution in [0.5, 0.6) is 0 Å². The number of anilines is 1. The Balaban J connectivity index is 2.66. The molecule has 0 atom stereocenters. The third kappa shape index (κ3) is 5.16. The van der Waals surface area contributed by atoms with Gasteiger partial charge in [0.2, 0.25) is 10.0 Å². The first-order chi connectivity index (χ1) is 9.11. The highest BCUT2D eigenvalue weighted by Crippen LogP contribution is 2.19. The van der Waals surface area contributed by atoms with Crippen LogP contribution in [0.15, 0.2) is 23.4 Å². The maximum absolute atomic E-state index is 12.2. The van der Waals surface area contributed by atoms with Crippen molar-refractivity contribution in [1.29, 1.82) is 0 Å². The van der Waals surface area contributed by atoms with Gasteiger partial charge in [0.25, 0.3) is 0 Å². The molecular weight excluding hydrogens is 262 g/mol. The lowest BCUT2D eigenvalue weighted by atomic mass is 10.2. The van der Waals surface area contributed by atoms with Crippen molar-refractivity contribution in [3.63, 3.8) is 0 Å². The highest BCUT2D eigenvalue weighted by atomic mass is 32.2. The normalized spacial score (nSPS) is 11.5. The molecule has 0 saturated heterocycles. The quantitative estimate of drug-likeness (QED) is 0.683. The molecule has 0 fully saturated rings. The number of aromatic nitrogens is 1. The molecular formula is C13H23N3O2S. The summed E-state index contributed by atoms with van der Waals surface area (Å²) in [6.45, 7) is 5.20. The highest BCUT2D eigenvalue weighted by molar-refractivity contribution is 7.89. The third-order valence-corrected chi connectivity index (χ3v) is 4.25. The fraction of sp³-hybridized carbons (Fsp3) is 0.615. The third-order valence-electron chi connectivity index (χ3n) is 2.76. The molecule has 0 saturated carbocycles. The van der Waals surface area contributed by atoms with Crippen LogP contribution in [0.4, 0.5) is 5.69 Å². The zero-order chi connectivity index (χ0) is 14.1. The van der Waals surface area contributed by atoms with Crippen LogP contribution < -0.4 is 10.0 Å². The fourth-order valence-electron chi connectivity index (χ4n) is 1.77. The van der Waals surface area contributed by atoms with Crippen molar-refractivity contribution >= 4 is 15.7 Å². The number of rotatable bonds is 9. The summed E-state index contributed by atoms with van der Waals surface area (Å²) in [4.78, 5) is 4.11. The van der Waals surface area contributed by atoms with E-state index in [1.807, 2.05) is 6.92 Å². The van der Waals surface area contributed by atoms with Gasteiger partial charge in [0.1, 0.15) is 4.90 Å². The van der Waals surface area contributed by atoms with Crippen molar-refractivity contribution in [3.8, 4) is 0 Å². The molecule has 1 aromatic rings. The molecule has 0 aliphatic rings. The van der Waals surface area contributed by atoms with E-state index in [-0.39, 0.29) is 4.90 Å². The Labute approximate surface area is 115 Å². The number of hydrogen-bond donors (Lipinski definition) is 2. The first-order valence-electron chi connectivity index (χ1n) is 6.79. The van der Waals surface area contributed by atoms with Gasteiger partial charge in [-0.3, -0.25) is 4.98 Å². The monoisotopic (exact) mass is 285 g/mol. The minimum absolute atomic E-state index is 0.215. The lowest BCUT2D eigenvalue weighted by molar-refractivity contribution is 0.573. The Hall–Kier alpha value is -1.14. The molecule has 0 aliphatic heterocycles. The van der Waals surface area contributed by atoms with Crippen LogP contribution in [0.25, 0.3) is 0 Å². The van der Waals surface area contributed by atoms with Crippen LogP contribution in [0, 0.1) is 0 Å². The van der Waals surface area contributed by atoms with Crippen molar-refractivity contribution < 1.29 is 8.42 Å². The average molecular weight is 285 g/mol. The predicted molar refractivity (Wildman–Crippen MR) is 77.7 cm³/mol. The lowest BCUT2D eigenvalue weighted by Gasteiger charge is -2.11. The molecule has 0 aromatic carbocycles. The van der Waals surface area contributed by atoms with Crippen molar-refractivity contribution in [1.82, 2.24) is 9.71 Å². The molecule has 1 rings (SSSR count). The van der Waals surface area contributed by atoms with E-state index in [9.17, 15) is 8.42 Å². The van der Waals surface area contributed by atoms with E-state index in [1.54, 1.807) is 12.3 Å². The molecule has 2 N–H and O–H groups in total. The summed E-state index contributed by atoms with van der Waals surface area (Å²) in [5, 5.41) is 3.03. The smallest absolute Gasteiger partial charge is 0.244 e. The van der Waals surface area contributed by atoms with E-state index in [1.165, 1.54) is 6.20 Å². The topological polar surface area (TPSA) is 71.1 Å². The van der Waals surface area contributed by atoms with E-state index in [2.05, 4.69) is 21.9 Å². The van der Waals surface area contributed by atoms with Crippen LogP contribution in [0.2, 0.25) is 0 Å². The first kappa shape index (κ1) is 15.9. The van der Waals surface area contributed by atoms with Crippen LogP contribution in [-0.4, -0.2) is 26.5 Å². The lowest BCUT2D eigenvalue weighted by Crippen LogP contribution is -2.25. The molecule has 1 aromatic heterocycles. The van der Waals surface area contributed by atoms with Gasteiger partial charge in [0, 0.05) is 25.5 Å². The van der Waals surface area contributed by atoms with Gasteiger partial charge in [0.05, 0.1) is 5.69 Å². The maximum Gasteiger partial charge on any atom is 0.244 e. The molecule has 108 valence electrons. The second-order valence-electron chi connectivity index (χ2n) is 4.36. The van der Waals surface area contributed by atoms with Gasteiger partial charge in [-0.1, -0.05) is 26.2 Å². The minimum atomic E-state index is -3.48. The summed E-state index contributed by atoms with van der Waals surface area (Å²) in [6.07, 6.45) is 7.15. The van der Waals surface area contributed by atoms with Crippen molar-refractivity contribution in [2.24, 2.45) is 0 Å². The van der Waals surface area contributed by atoms with Gasteiger partial charge in [-0.25, -0.2) is 13.1 Å². The Kier molecular flexibility index (Phi) is 6.80. The fourth-order valence-corrected chi connectivity index (χ4v) is 2.96. The van der Waals surface area contributed by atoms with Crippen LogP contribution in [0.3, 0.4) is 0 Å². The Morgan fingerprint density at radius 2 is 2.00 bits per heavy atom. The maximum atomic E-state index is 12.2. The second kappa shape index (κ2) is 8.12. The Morgan fingerprint density at radius 3 is 2.68 bits per heavy atom. The highest BCUT2D eigenvalue weighted by Gasteiger charge is 2.17. The molecule has 0 radical (unpaired) electrons. The molecule has 0 bridgehead atoms. The summed E-state index contributed by atoms with van der Waals surface area (Å²) < 4.78 is 27.0. The van der Waals surface area contributed by atoms with Gasteiger partial charge >= 0.3 is 0 Å². The summed E-state index contributed by atoms with van der Waals surface area (Å²) >= 11 is 0. The van der Waals surface area contributed by atoms with Gasteiger partial charge < -0.3 is 5.32 Å². The van der Waals surface area contributed by atoms with Crippen LogP contribution >= 0.6 is 0 Å². The molecule has 5 nitrogen and oxygen atoms in total. The average Bonchev–Trinajstić information content (AvgIpc) is 2.39. The molecule has 0 amide bonds. The minimum Gasteiger partial charge on any atom is -0.384 e. The van der Waals surface area contributed by atoms with Gasteiger partial charge in [-0.2, -0.15) is 0 Å². The number of sulfonamides is 1. The molecule has 0 unspecified atom stereocenters. The predicted octanol–water partition coefficient (Wildman–Crippen LogP) is 2.37. The van der Waals surface area contributed by atoms with E-state index < -0.39 is 10.0 Å². The molecule has 0 spiro atoms. The number of unbranched alkanes of at least 4 members (excludes halogenated alkanes) is 3. The number of nitrogens with zero attached hydrogens (tertiary/aromatic N) is 1. The van der Waals surface area contributed by atoms with Crippen molar-refractivity contribution in [2.75, 3.05) is 18.4 Å². The zero-order valence-electron chi connectivity index (χ0n) is 11.6. The van der Waals surface area contributed by atoms with Gasteiger partial charge in [0.15, 0.2) is 0 Å². The van der Waals surface area contributed by atoms with Crippen molar-refractivity contribution in [2.45, 2.75) is 44.4 Å². The standard InChI is InChI=1S/C13H23N3O2S/c1-3-5-6-7-9-16-19(17,18)13-11-14-10-8-12(13)15-4-2/h8,10-11,16H,3-7,9H2,1-2H3,(H,14,15). The zero-order valence-corrected chi connectivity index (χ0v) is 12.5. The van der Waals surface area contributed by atoms with E-state index in [0.717, 1.165) is 25.7 Å². The summed E-state index contributed by atoms with van der Waals surface area (Å²) in [5.74, 6) is 0. The summed E-state index contributed by atoms with van der Waals surface area (Å²) in [5.41, 5.74) is 0.596. The Bertz CT molecular complexity index is 475. The number of pyridine rings is 1. The van der Waals surface area contributed by atoms with E-state index in [4.69, 9.17) is 0 Å².